The first-order valence-electron chi connectivity index (χ1n) is 5.66. The van der Waals surface area contributed by atoms with E-state index in [0.29, 0.717) is 16.4 Å². The van der Waals surface area contributed by atoms with Crippen molar-refractivity contribution in [3.8, 4) is 0 Å². The molecule has 7 heteroatoms. The van der Waals surface area contributed by atoms with Crippen molar-refractivity contribution in [2.45, 2.75) is 24.5 Å². The minimum absolute atomic E-state index is 0.287. The summed E-state index contributed by atoms with van der Waals surface area (Å²) in [5.41, 5.74) is 0.933. The Morgan fingerprint density at radius 1 is 1.37 bits per heavy atom. The highest BCUT2D eigenvalue weighted by molar-refractivity contribution is 7.94. The average molecular weight is 317 g/mol. The highest BCUT2D eigenvalue weighted by Gasteiger charge is 2.18. The molecule has 0 aliphatic carbocycles. The number of thiophene rings is 1. The van der Waals surface area contributed by atoms with Gasteiger partial charge in [-0.1, -0.05) is 18.5 Å². The highest BCUT2D eigenvalue weighted by atomic mass is 35.5. The summed E-state index contributed by atoms with van der Waals surface area (Å²) in [4.78, 5) is 5.02. The maximum absolute atomic E-state index is 12.2. The van der Waals surface area contributed by atoms with Gasteiger partial charge in [0.05, 0.1) is 16.4 Å². The summed E-state index contributed by atoms with van der Waals surface area (Å²) in [5.74, 6) is 0. The third-order valence-corrected chi connectivity index (χ3v) is 6.12. The molecule has 0 bridgehead atoms. The molecule has 0 unspecified atom stereocenters. The standard InChI is InChI=1S/C12H13ClN2O2S2/c1-3-9-4-5-11(18-9)19(16,17)15-10-6-7-14-8(2)12(10)13/h4-7H,3H2,1-2H3,(H,14,15). The molecule has 0 saturated carbocycles. The van der Waals surface area contributed by atoms with Gasteiger partial charge in [-0.3, -0.25) is 9.71 Å². The summed E-state index contributed by atoms with van der Waals surface area (Å²) in [7, 11) is -3.59. The molecule has 0 fully saturated rings. The number of aromatic nitrogens is 1. The third kappa shape index (κ3) is 3.08. The Morgan fingerprint density at radius 3 is 2.74 bits per heavy atom. The van der Waals surface area contributed by atoms with E-state index in [-0.39, 0.29) is 4.21 Å². The van der Waals surface area contributed by atoms with E-state index in [9.17, 15) is 8.42 Å². The van der Waals surface area contributed by atoms with Gasteiger partial charge in [-0.25, -0.2) is 8.42 Å². The van der Waals surface area contributed by atoms with Gasteiger partial charge in [0, 0.05) is 11.1 Å². The number of nitrogens with one attached hydrogen (secondary N) is 1. The van der Waals surface area contributed by atoms with Crippen molar-refractivity contribution in [1.29, 1.82) is 0 Å². The third-order valence-electron chi connectivity index (χ3n) is 2.56. The SMILES string of the molecule is CCc1ccc(S(=O)(=O)Nc2ccnc(C)c2Cl)s1. The van der Waals surface area contributed by atoms with Gasteiger partial charge < -0.3 is 0 Å². The zero-order valence-corrected chi connectivity index (χ0v) is 12.9. The summed E-state index contributed by atoms with van der Waals surface area (Å²) in [5, 5.41) is 0.318. The van der Waals surface area contributed by atoms with Crippen LogP contribution in [-0.2, 0) is 16.4 Å². The number of aryl methyl sites for hydroxylation is 2. The Bertz CT molecular complexity index is 696. The lowest BCUT2D eigenvalue weighted by Crippen LogP contribution is -2.12. The van der Waals surface area contributed by atoms with Crippen LogP contribution >= 0.6 is 22.9 Å². The lowest BCUT2D eigenvalue weighted by molar-refractivity contribution is 0.603. The van der Waals surface area contributed by atoms with Crippen molar-refractivity contribution in [3.05, 3.63) is 40.0 Å². The van der Waals surface area contributed by atoms with Crippen LogP contribution < -0.4 is 4.72 Å². The fraction of sp³-hybridized carbons (Fsp3) is 0.250. The first-order valence-corrected chi connectivity index (χ1v) is 8.34. The van der Waals surface area contributed by atoms with Crippen LogP contribution in [0.15, 0.2) is 28.6 Å². The second-order valence-electron chi connectivity index (χ2n) is 3.94. The van der Waals surface area contributed by atoms with Gasteiger partial charge in [0.25, 0.3) is 10.0 Å². The molecule has 0 amide bonds. The Hall–Kier alpha value is -1.11. The number of anilines is 1. The number of sulfonamides is 1. The van der Waals surface area contributed by atoms with Crippen molar-refractivity contribution >= 4 is 38.6 Å². The van der Waals surface area contributed by atoms with Gasteiger partial charge in [-0.2, -0.15) is 0 Å². The summed E-state index contributed by atoms with van der Waals surface area (Å²) in [6.07, 6.45) is 2.33. The molecule has 0 aliphatic rings. The zero-order valence-electron chi connectivity index (χ0n) is 10.5. The lowest BCUT2D eigenvalue weighted by Gasteiger charge is -2.08. The molecule has 4 nitrogen and oxygen atoms in total. The van der Waals surface area contributed by atoms with E-state index in [0.717, 1.165) is 11.3 Å². The minimum atomic E-state index is -3.59. The van der Waals surface area contributed by atoms with Gasteiger partial charge in [0.15, 0.2) is 0 Å². The number of nitrogens with zero attached hydrogens (tertiary/aromatic N) is 1. The molecule has 0 atom stereocenters. The summed E-state index contributed by atoms with van der Waals surface area (Å²) in [6, 6.07) is 4.97. The first-order chi connectivity index (χ1) is 8.94. The van der Waals surface area contributed by atoms with Crippen molar-refractivity contribution in [1.82, 2.24) is 4.98 Å². The van der Waals surface area contributed by atoms with Crippen molar-refractivity contribution in [2.75, 3.05) is 4.72 Å². The van der Waals surface area contributed by atoms with Crippen LogP contribution in [0.1, 0.15) is 17.5 Å². The van der Waals surface area contributed by atoms with Crippen LogP contribution in [-0.4, -0.2) is 13.4 Å². The minimum Gasteiger partial charge on any atom is -0.277 e. The predicted octanol–water partition coefficient (Wildman–Crippen LogP) is 3.47. The molecular weight excluding hydrogens is 304 g/mol. The smallest absolute Gasteiger partial charge is 0.271 e. The van der Waals surface area contributed by atoms with Crippen LogP contribution in [0, 0.1) is 6.92 Å². The van der Waals surface area contributed by atoms with Crippen LogP contribution in [0.25, 0.3) is 0 Å². The van der Waals surface area contributed by atoms with E-state index in [1.165, 1.54) is 17.5 Å². The predicted molar refractivity (Wildman–Crippen MR) is 78.5 cm³/mol. The van der Waals surface area contributed by atoms with Crippen molar-refractivity contribution in [3.63, 3.8) is 0 Å². The number of hydrogen-bond acceptors (Lipinski definition) is 4. The quantitative estimate of drug-likeness (QED) is 0.939. The van der Waals surface area contributed by atoms with E-state index >= 15 is 0 Å². The summed E-state index contributed by atoms with van der Waals surface area (Å²) in [6.45, 7) is 3.71. The topological polar surface area (TPSA) is 59.1 Å². The molecule has 0 aromatic carbocycles. The zero-order chi connectivity index (χ0) is 14.0. The summed E-state index contributed by atoms with van der Waals surface area (Å²) >= 11 is 7.29. The molecule has 2 rings (SSSR count). The van der Waals surface area contributed by atoms with E-state index < -0.39 is 10.0 Å². The molecule has 102 valence electrons. The molecule has 0 spiro atoms. The molecule has 0 saturated heterocycles. The maximum atomic E-state index is 12.2. The lowest BCUT2D eigenvalue weighted by atomic mass is 10.3. The highest BCUT2D eigenvalue weighted by Crippen LogP contribution is 2.28. The van der Waals surface area contributed by atoms with Gasteiger partial charge in [0.2, 0.25) is 0 Å². The van der Waals surface area contributed by atoms with Crippen LogP contribution in [0.4, 0.5) is 5.69 Å². The van der Waals surface area contributed by atoms with Crippen LogP contribution in [0.3, 0.4) is 0 Å². The summed E-state index contributed by atoms with van der Waals surface area (Å²) < 4.78 is 27.2. The van der Waals surface area contributed by atoms with Gasteiger partial charge >= 0.3 is 0 Å². The van der Waals surface area contributed by atoms with Gasteiger partial charge in [0.1, 0.15) is 4.21 Å². The number of halogens is 1. The Kier molecular flexibility index (Phi) is 4.13. The Labute approximate surface area is 121 Å². The van der Waals surface area contributed by atoms with E-state index in [1.807, 2.05) is 13.0 Å². The molecular formula is C12H13ClN2O2S2. The Balaban J connectivity index is 2.33. The van der Waals surface area contributed by atoms with Crippen molar-refractivity contribution in [2.24, 2.45) is 0 Å². The number of rotatable bonds is 4. The normalized spacial score (nSPS) is 11.5. The molecule has 0 radical (unpaired) electrons. The van der Waals surface area contributed by atoms with E-state index in [2.05, 4.69) is 9.71 Å². The second-order valence-corrected chi connectivity index (χ2v) is 7.39. The van der Waals surface area contributed by atoms with E-state index in [4.69, 9.17) is 11.6 Å². The molecule has 2 heterocycles. The second kappa shape index (κ2) is 5.48. The van der Waals surface area contributed by atoms with Crippen LogP contribution in [0.5, 0.6) is 0 Å². The largest absolute Gasteiger partial charge is 0.277 e. The number of hydrogen-bond donors (Lipinski definition) is 1. The van der Waals surface area contributed by atoms with Crippen LogP contribution in [0.2, 0.25) is 5.02 Å². The van der Waals surface area contributed by atoms with E-state index in [1.54, 1.807) is 19.1 Å². The van der Waals surface area contributed by atoms with Gasteiger partial charge in [-0.15, -0.1) is 11.3 Å². The average Bonchev–Trinajstić information content (AvgIpc) is 2.84. The Morgan fingerprint density at radius 2 is 2.11 bits per heavy atom. The first kappa shape index (κ1) is 14.3. The monoisotopic (exact) mass is 316 g/mol. The molecule has 2 aromatic heterocycles. The fourth-order valence-corrected chi connectivity index (χ4v) is 4.10. The van der Waals surface area contributed by atoms with Gasteiger partial charge in [-0.05, 0) is 31.5 Å². The molecule has 2 aromatic rings. The fourth-order valence-electron chi connectivity index (χ4n) is 1.51. The van der Waals surface area contributed by atoms with Crippen molar-refractivity contribution < 1.29 is 8.42 Å². The molecule has 19 heavy (non-hydrogen) atoms. The maximum Gasteiger partial charge on any atom is 0.271 e. The number of pyridine rings is 1. The molecule has 1 N–H and O–H groups in total. The molecule has 0 aliphatic heterocycles.